The van der Waals surface area contributed by atoms with E-state index in [0.29, 0.717) is 5.02 Å². The third-order valence-electron chi connectivity index (χ3n) is 4.14. The molecule has 4 rings (SSSR count). The van der Waals surface area contributed by atoms with E-state index in [0.717, 1.165) is 48.7 Å². The normalized spacial score (nSPS) is 15.2. The number of aromatic nitrogens is 3. The van der Waals surface area contributed by atoms with E-state index >= 15 is 0 Å². The van der Waals surface area contributed by atoms with Crippen LogP contribution < -0.4 is 9.80 Å². The minimum atomic E-state index is 0.702. The molecule has 0 radical (unpaired) electrons. The van der Waals surface area contributed by atoms with Crippen molar-refractivity contribution in [1.29, 1.82) is 0 Å². The summed E-state index contributed by atoms with van der Waals surface area (Å²) in [6.07, 6.45) is 3.42. The molecular weight excluding hydrogens is 310 g/mol. The first-order valence-electron chi connectivity index (χ1n) is 7.63. The Morgan fingerprint density at radius 3 is 2.30 bits per heavy atom. The van der Waals surface area contributed by atoms with Gasteiger partial charge in [-0.3, -0.25) is 0 Å². The van der Waals surface area contributed by atoms with Gasteiger partial charge in [0.25, 0.3) is 0 Å². The van der Waals surface area contributed by atoms with Gasteiger partial charge in [-0.15, -0.1) is 0 Å². The summed E-state index contributed by atoms with van der Waals surface area (Å²) in [5, 5.41) is 1.80. The van der Waals surface area contributed by atoms with Gasteiger partial charge in [0.05, 0.1) is 10.5 Å². The fourth-order valence-electron chi connectivity index (χ4n) is 2.98. The summed E-state index contributed by atoms with van der Waals surface area (Å²) in [5.41, 5.74) is 0.979. The Bertz CT molecular complexity index is 825. The number of hydrogen-bond acceptors (Lipinski definition) is 5. The monoisotopic (exact) mass is 325 g/mol. The van der Waals surface area contributed by atoms with Gasteiger partial charge in [0.1, 0.15) is 18.0 Å². The first-order chi connectivity index (χ1) is 11.3. The minimum Gasteiger partial charge on any atom is -0.352 e. The maximum absolute atomic E-state index is 6.25. The maximum Gasteiger partial charge on any atom is 0.147 e. The molecule has 23 heavy (non-hydrogen) atoms. The minimum absolute atomic E-state index is 0.702. The Morgan fingerprint density at radius 1 is 0.783 bits per heavy atom. The van der Waals surface area contributed by atoms with Crippen molar-refractivity contribution >= 4 is 34.1 Å². The molecule has 0 bridgehead atoms. The van der Waals surface area contributed by atoms with Crippen LogP contribution in [0.2, 0.25) is 5.02 Å². The van der Waals surface area contributed by atoms with Crippen LogP contribution in [0.25, 0.3) is 10.9 Å². The van der Waals surface area contributed by atoms with Crippen LogP contribution in [-0.2, 0) is 0 Å². The molecule has 1 saturated heterocycles. The fourth-order valence-corrected chi connectivity index (χ4v) is 3.22. The van der Waals surface area contributed by atoms with Gasteiger partial charge in [0, 0.05) is 37.8 Å². The van der Waals surface area contributed by atoms with Crippen LogP contribution in [0.1, 0.15) is 0 Å². The van der Waals surface area contributed by atoms with Gasteiger partial charge in [0.2, 0.25) is 0 Å². The fraction of sp³-hybridized carbons (Fsp3) is 0.235. The lowest BCUT2D eigenvalue weighted by Gasteiger charge is -2.36. The number of pyridine rings is 1. The van der Waals surface area contributed by atoms with Crippen LogP contribution in [0.3, 0.4) is 0 Å². The lowest BCUT2D eigenvalue weighted by Crippen LogP contribution is -2.47. The number of hydrogen-bond donors (Lipinski definition) is 0. The highest BCUT2D eigenvalue weighted by atomic mass is 35.5. The van der Waals surface area contributed by atoms with Gasteiger partial charge < -0.3 is 9.80 Å². The number of anilines is 2. The van der Waals surface area contributed by atoms with Crippen LogP contribution in [0.4, 0.5) is 11.6 Å². The molecule has 3 aromatic rings. The average molecular weight is 326 g/mol. The van der Waals surface area contributed by atoms with E-state index in [-0.39, 0.29) is 0 Å². The average Bonchev–Trinajstić information content (AvgIpc) is 2.62. The second kappa shape index (κ2) is 6.01. The first kappa shape index (κ1) is 14.2. The van der Waals surface area contributed by atoms with E-state index in [9.17, 15) is 0 Å². The Kier molecular flexibility index (Phi) is 3.71. The summed E-state index contributed by atoms with van der Waals surface area (Å²) >= 11 is 6.25. The van der Waals surface area contributed by atoms with E-state index in [2.05, 4.69) is 30.8 Å². The lowest BCUT2D eigenvalue weighted by molar-refractivity contribution is 0.643. The van der Waals surface area contributed by atoms with Crippen LogP contribution in [0.15, 0.2) is 48.9 Å². The lowest BCUT2D eigenvalue weighted by atomic mass is 10.2. The van der Waals surface area contributed by atoms with Crippen molar-refractivity contribution in [3.05, 3.63) is 53.9 Å². The van der Waals surface area contributed by atoms with Crippen molar-refractivity contribution in [3.63, 3.8) is 0 Å². The summed E-state index contributed by atoms with van der Waals surface area (Å²) in [7, 11) is 0. The van der Waals surface area contributed by atoms with Crippen molar-refractivity contribution in [3.8, 4) is 0 Å². The number of fused-ring (bicyclic) bond motifs is 1. The smallest absolute Gasteiger partial charge is 0.147 e. The Morgan fingerprint density at radius 2 is 1.52 bits per heavy atom. The van der Waals surface area contributed by atoms with Gasteiger partial charge in [0.15, 0.2) is 0 Å². The highest BCUT2D eigenvalue weighted by molar-refractivity contribution is 6.32. The Balaban J connectivity index is 1.57. The third kappa shape index (κ3) is 2.68. The van der Waals surface area contributed by atoms with Gasteiger partial charge >= 0.3 is 0 Å². The van der Waals surface area contributed by atoms with Crippen molar-refractivity contribution < 1.29 is 0 Å². The maximum atomic E-state index is 6.25. The van der Waals surface area contributed by atoms with Crippen molar-refractivity contribution in [2.75, 3.05) is 36.0 Å². The molecule has 0 amide bonds. The molecule has 0 aliphatic carbocycles. The second-order valence-corrected chi connectivity index (χ2v) is 5.90. The molecular formula is C17H16ClN5. The summed E-state index contributed by atoms with van der Waals surface area (Å²) in [5.74, 6) is 1.86. The highest BCUT2D eigenvalue weighted by Gasteiger charge is 2.21. The molecule has 1 fully saturated rings. The predicted molar refractivity (Wildman–Crippen MR) is 93.2 cm³/mol. The van der Waals surface area contributed by atoms with Crippen LogP contribution >= 0.6 is 11.6 Å². The van der Waals surface area contributed by atoms with Crippen molar-refractivity contribution in [1.82, 2.24) is 15.0 Å². The zero-order valence-corrected chi connectivity index (χ0v) is 13.3. The number of piperazine rings is 1. The van der Waals surface area contributed by atoms with Crippen LogP contribution in [0.5, 0.6) is 0 Å². The topological polar surface area (TPSA) is 45.2 Å². The molecule has 1 aliphatic rings. The van der Waals surface area contributed by atoms with Crippen LogP contribution in [0, 0.1) is 0 Å². The molecule has 0 unspecified atom stereocenters. The largest absolute Gasteiger partial charge is 0.352 e. The Hall–Kier alpha value is -2.40. The SMILES string of the molecule is Clc1cccnc1N1CCN(c2ncnc3ccccc23)CC1. The van der Waals surface area contributed by atoms with E-state index < -0.39 is 0 Å². The van der Waals surface area contributed by atoms with Crippen molar-refractivity contribution in [2.24, 2.45) is 0 Å². The number of para-hydroxylation sites is 1. The first-order valence-corrected chi connectivity index (χ1v) is 8.01. The second-order valence-electron chi connectivity index (χ2n) is 5.50. The van der Waals surface area contributed by atoms with Gasteiger partial charge in [-0.1, -0.05) is 23.7 Å². The summed E-state index contributed by atoms with van der Waals surface area (Å²) in [6.45, 7) is 3.51. The predicted octanol–water partition coefficient (Wildman–Crippen LogP) is 3.00. The van der Waals surface area contributed by atoms with E-state index in [1.54, 1.807) is 12.5 Å². The van der Waals surface area contributed by atoms with Gasteiger partial charge in [-0.25, -0.2) is 15.0 Å². The summed E-state index contributed by atoms with van der Waals surface area (Å²) in [6, 6.07) is 11.9. The molecule has 2 aromatic heterocycles. The Labute approximate surface area is 139 Å². The molecule has 0 atom stereocenters. The zero-order valence-electron chi connectivity index (χ0n) is 12.6. The molecule has 116 valence electrons. The summed E-state index contributed by atoms with van der Waals surface area (Å²) < 4.78 is 0. The van der Waals surface area contributed by atoms with Gasteiger partial charge in [-0.05, 0) is 24.3 Å². The number of nitrogens with zero attached hydrogens (tertiary/aromatic N) is 5. The van der Waals surface area contributed by atoms with E-state index in [1.165, 1.54) is 0 Å². The number of benzene rings is 1. The molecule has 3 heterocycles. The number of halogens is 1. The quantitative estimate of drug-likeness (QED) is 0.724. The molecule has 1 aromatic carbocycles. The number of rotatable bonds is 2. The summed E-state index contributed by atoms with van der Waals surface area (Å²) in [4.78, 5) is 17.8. The van der Waals surface area contributed by atoms with Crippen molar-refractivity contribution in [2.45, 2.75) is 0 Å². The molecule has 1 aliphatic heterocycles. The molecule has 6 heteroatoms. The molecule has 0 spiro atoms. The van der Waals surface area contributed by atoms with Gasteiger partial charge in [-0.2, -0.15) is 0 Å². The van der Waals surface area contributed by atoms with E-state index in [1.807, 2.05) is 30.3 Å². The third-order valence-corrected chi connectivity index (χ3v) is 4.43. The standard InChI is InChI=1S/C17H16ClN5/c18-14-5-3-7-19-17(14)23-10-8-22(9-11-23)16-13-4-1-2-6-15(13)20-12-21-16/h1-7,12H,8-11H2. The van der Waals surface area contributed by atoms with Crippen LogP contribution in [-0.4, -0.2) is 41.1 Å². The molecule has 0 N–H and O–H groups in total. The molecule has 0 saturated carbocycles. The molecule has 5 nitrogen and oxygen atoms in total. The van der Waals surface area contributed by atoms with E-state index in [4.69, 9.17) is 11.6 Å². The highest BCUT2D eigenvalue weighted by Crippen LogP contribution is 2.27. The zero-order chi connectivity index (χ0) is 15.6.